The van der Waals surface area contributed by atoms with Crippen LogP contribution in [0.1, 0.15) is 5.56 Å². The average Bonchev–Trinajstić information content (AvgIpc) is 2.63. The third-order valence-corrected chi connectivity index (χ3v) is 5.37. The number of carbonyl (C=O) groups is 1. The van der Waals surface area contributed by atoms with Gasteiger partial charge in [0.25, 0.3) is 0 Å². The van der Waals surface area contributed by atoms with Gasteiger partial charge in [-0.1, -0.05) is 30.3 Å². The first-order chi connectivity index (χ1) is 12.2. The molecule has 1 heterocycles. The highest BCUT2D eigenvalue weighted by molar-refractivity contribution is 7.98. The maximum atomic E-state index is 12.4. The number of thioether (sulfide) groups is 1. The molecule has 0 bridgehead atoms. The van der Waals surface area contributed by atoms with E-state index in [4.69, 9.17) is 0 Å². The fourth-order valence-electron chi connectivity index (χ4n) is 3.21. The number of piperazine rings is 1. The molecule has 1 aliphatic rings. The molecule has 0 aromatic heterocycles. The molecule has 1 aliphatic heterocycles. The van der Waals surface area contributed by atoms with E-state index in [1.807, 2.05) is 30.5 Å². The van der Waals surface area contributed by atoms with E-state index in [1.54, 1.807) is 11.8 Å². The molecule has 2 aromatic carbocycles. The topological polar surface area (TPSA) is 35.6 Å². The third kappa shape index (κ3) is 4.55. The molecule has 1 N–H and O–H groups in total. The first-order valence-electron chi connectivity index (χ1n) is 8.63. The summed E-state index contributed by atoms with van der Waals surface area (Å²) in [5.74, 6) is 0.0610. The highest BCUT2D eigenvalue weighted by Gasteiger charge is 2.20. The second kappa shape index (κ2) is 8.41. The van der Waals surface area contributed by atoms with Crippen LogP contribution in [0, 0.1) is 6.92 Å². The van der Waals surface area contributed by atoms with Gasteiger partial charge in [-0.05, 0) is 36.9 Å². The molecule has 0 aliphatic carbocycles. The molecule has 0 radical (unpaired) electrons. The lowest BCUT2D eigenvalue weighted by Gasteiger charge is -2.36. The van der Waals surface area contributed by atoms with Crippen molar-refractivity contribution < 1.29 is 4.79 Å². The molecule has 2 aromatic rings. The van der Waals surface area contributed by atoms with E-state index in [2.05, 4.69) is 46.3 Å². The van der Waals surface area contributed by atoms with Crippen molar-refractivity contribution in [2.45, 2.75) is 11.8 Å². The molecular formula is C20H25N3OS. The summed E-state index contributed by atoms with van der Waals surface area (Å²) < 4.78 is 0. The normalized spacial score (nSPS) is 15.2. The van der Waals surface area contributed by atoms with Gasteiger partial charge in [0.05, 0.1) is 12.2 Å². The molecule has 0 unspecified atom stereocenters. The number of para-hydroxylation sites is 2. The molecule has 1 saturated heterocycles. The summed E-state index contributed by atoms with van der Waals surface area (Å²) in [6.07, 6.45) is 2.02. The first kappa shape index (κ1) is 17.8. The minimum Gasteiger partial charge on any atom is -0.369 e. The Morgan fingerprint density at radius 3 is 2.44 bits per heavy atom. The van der Waals surface area contributed by atoms with Crippen LogP contribution in [-0.4, -0.2) is 49.8 Å². The number of anilines is 2. The predicted molar refractivity (Wildman–Crippen MR) is 107 cm³/mol. The molecule has 132 valence electrons. The van der Waals surface area contributed by atoms with Gasteiger partial charge in [0.1, 0.15) is 0 Å². The van der Waals surface area contributed by atoms with Gasteiger partial charge in [-0.25, -0.2) is 0 Å². The Morgan fingerprint density at radius 1 is 1.04 bits per heavy atom. The number of hydrogen-bond acceptors (Lipinski definition) is 4. The van der Waals surface area contributed by atoms with Gasteiger partial charge < -0.3 is 10.2 Å². The standard InChI is InChI=1S/C20H25N3OS/c1-16-7-3-5-9-18(16)23-13-11-22(12-14-23)15-20(24)21-17-8-4-6-10-19(17)25-2/h3-10H,11-15H2,1-2H3,(H,21,24). The summed E-state index contributed by atoms with van der Waals surface area (Å²) in [4.78, 5) is 18.1. The number of nitrogens with zero attached hydrogens (tertiary/aromatic N) is 2. The summed E-state index contributed by atoms with van der Waals surface area (Å²) in [6, 6.07) is 16.4. The van der Waals surface area contributed by atoms with Crippen molar-refractivity contribution in [2.75, 3.05) is 49.2 Å². The summed E-state index contributed by atoms with van der Waals surface area (Å²) in [5.41, 5.74) is 3.52. The zero-order valence-electron chi connectivity index (χ0n) is 14.9. The molecular weight excluding hydrogens is 330 g/mol. The lowest BCUT2D eigenvalue weighted by Crippen LogP contribution is -2.48. The van der Waals surface area contributed by atoms with Gasteiger partial charge in [0, 0.05) is 36.8 Å². The van der Waals surface area contributed by atoms with Crippen LogP contribution in [0.2, 0.25) is 0 Å². The lowest BCUT2D eigenvalue weighted by molar-refractivity contribution is -0.117. The number of amides is 1. The highest BCUT2D eigenvalue weighted by atomic mass is 32.2. The molecule has 3 rings (SSSR count). The van der Waals surface area contributed by atoms with E-state index in [0.29, 0.717) is 6.54 Å². The van der Waals surface area contributed by atoms with E-state index in [-0.39, 0.29) is 5.91 Å². The second-order valence-corrected chi connectivity index (χ2v) is 7.15. The fourth-order valence-corrected chi connectivity index (χ4v) is 3.76. The number of aryl methyl sites for hydroxylation is 1. The number of carbonyl (C=O) groups excluding carboxylic acids is 1. The van der Waals surface area contributed by atoms with Gasteiger partial charge in [-0.3, -0.25) is 9.69 Å². The van der Waals surface area contributed by atoms with E-state index in [1.165, 1.54) is 11.3 Å². The molecule has 4 nitrogen and oxygen atoms in total. The summed E-state index contributed by atoms with van der Waals surface area (Å²) >= 11 is 1.65. The Kier molecular flexibility index (Phi) is 6.00. The number of nitrogens with one attached hydrogen (secondary N) is 1. The van der Waals surface area contributed by atoms with Crippen molar-refractivity contribution in [1.29, 1.82) is 0 Å². The minimum atomic E-state index is 0.0610. The largest absolute Gasteiger partial charge is 0.369 e. The Labute approximate surface area is 154 Å². The van der Waals surface area contributed by atoms with Crippen molar-refractivity contribution in [3.05, 3.63) is 54.1 Å². The van der Waals surface area contributed by atoms with Crippen LogP contribution < -0.4 is 10.2 Å². The van der Waals surface area contributed by atoms with Crippen LogP contribution >= 0.6 is 11.8 Å². The van der Waals surface area contributed by atoms with Gasteiger partial charge in [0.2, 0.25) is 5.91 Å². The zero-order valence-corrected chi connectivity index (χ0v) is 15.7. The molecule has 0 saturated carbocycles. The van der Waals surface area contributed by atoms with Crippen molar-refractivity contribution in [2.24, 2.45) is 0 Å². The van der Waals surface area contributed by atoms with E-state index in [9.17, 15) is 4.79 Å². The average molecular weight is 356 g/mol. The number of rotatable bonds is 5. The van der Waals surface area contributed by atoms with Crippen molar-refractivity contribution in [3.63, 3.8) is 0 Å². The molecule has 0 atom stereocenters. The molecule has 25 heavy (non-hydrogen) atoms. The van der Waals surface area contributed by atoms with E-state index < -0.39 is 0 Å². The quantitative estimate of drug-likeness (QED) is 0.833. The summed E-state index contributed by atoms with van der Waals surface area (Å²) in [5, 5.41) is 3.05. The lowest BCUT2D eigenvalue weighted by atomic mass is 10.1. The maximum Gasteiger partial charge on any atom is 0.238 e. The minimum absolute atomic E-state index is 0.0610. The van der Waals surface area contributed by atoms with Crippen molar-refractivity contribution in [3.8, 4) is 0 Å². The first-order valence-corrected chi connectivity index (χ1v) is 9.85. The van der Waals surface area contributed by atoms with E-state index >= 15 is 0 Å². The number of benzene rings is 2. The molecule has 0 spiro atoms. The molecule has 1 fully saturated rings. The smallest absolute Gasteiger partial charge is 0.238 e. The van der Waals surface area contributed by atoms with Crippen LogP contribution in [0.3, 0.4) is 0 Å². The SMILES string of the molecule is CSc1ccccc1NC(=O)CN1CCN(c2ccccc2C)CC1. The monoisotopic (exact) mass is 355 g/mol. The van der Waals surface area contributed by atoms with Gasteiger partial charge >= 0.3 is 0 Å². The zero-order chi connectivity index (χ0) is 17.6. The second-order valence-electron chi connectivity index (χ2n) is 6.30. The summed E-state index contributed by atoms with van der Waals surface area (Å²) in [7, 11) is 0. The number of hydrogen-bond donors (Lipinski definition) is 1. The van der Waals surface area contributed by atoms with Crippen LogP contribution in [0.5, 0.6) is 0 Å². The Morgan fingerprint density at radius 2 is 1.72 bits per heavy atom. The highest BCUT2D eigenvalue weighted by Crippen LogP contribution is 2.24. The molecule has 5 heteroatoms. The maximum absolute atomic E-state index is 12.4. The Hall–Kier alpha value is -1.98. The van der Waals surface area contributed by atoms with Gasteiger partial charge in [-0.15, -0.1) is 11.8 Å². The van der Waals surface area contributed by atoms with E-state index in [0.717, 1.165) is 36.8 Å². The Bertz CT molecular complexity index is 726. The summed E-state index contributed by atoms with van der Waals surface area (Å²) in [6.45, 7) is 6.33. The van der Waals surface area contributed by atoms with Crippen molar-refractivity contribution in [1.82, 2.24) is 4.90 Å². The van der Waals surface area contributed by atoms with Crippen LogP contribution in [0.15, 0.2) is 53.4 Å². The van der Waals surface area contributed by atoms with Crippen LogP contribution in [-0.2, 0) is 4.79 Å². The fraction of sp³-hybridized carbons (Fsp3) is 0.350. The third-order valence-electron chi connectivity index (χ3n) is 4.58. The van der Waals surface area contributed by atoms with Crippen LogP contribution in [0.25, 0.3) is 0 Å². The van der Waals surface area contributed by atoms with Crippen molar-refractivity contribution >= 4 is 29.0 Å². The van der Waals surface area contributed by atoms with Gasteiger partial charge in [-0.2, -0.15) is 0 Å². The molecule has 1 amide bonds. The van der Waals surface area contributed by atoms with Gasteiger partial charge in [0.15, 0.2) is 0 Å². The Balaban J connectivity index is 1.52. The predicted octanol–water partition coefficient (Wildman–Crippen LogP) is 3.48. The van der Waals surface area contributed by atoms with Crippen LogP contribution in [0.4, 0.5) is 11.4 Å².